The first kappa shape index (κ1) is 21.5. The summed E-state index contributed by atoms with van der Waals surface area (Å²) < 4.78 is 66.8. The van der Waals surface area contributed by atoms with Gasteiger partial charge in [-0.15, -0.1) is 5.10 Å². The summed E-state index contributed by atoms with van der Waals surface area (Å²) in [6, 6.07) is 6.10. The van der Waals surface area contributed by atoms with Gasteiger partial charge in [-0.1, -0.05) is 6.07 Å². The van der Waals surface area contributed by atoms with E-state index in [0.29, 0.717) is 11.1 Å². The zero-order valence-electron chi connectivity index (χ0n) is 15.8. The van der Waals surface area contributed by atoms with Crippen LogP contribution in [0.2, 0.25) is 0 Å². The minimum Gasteiger partial charge on any atom is -0.380 e. The average molecular weight is 439 g/mol. The van der Waals surface area contributed by atoms with E-state index in [4.69, 9.17) is 11.0 Å². The second-order valence-electron chi connectivity index (χ2n) is 6.41. The Hall–Kier alpha value is -3.24. The minimum atomic E-state index is -4.83. The Morgan fingerprint density at radius 1 is 1.33 bits per heavy atom. The number of aromatic nitrogens is 4. The van der Waals surface area contributed by atoms with Crippen LogP contribution >= 0.6 is 0 Å². The van der Waals surface area contributed by atoms with Gasteiger partial charge in [0.25, 0.3) is 5.82 Å². The number of nitrogens with two attached hydrogens (primary N) is 1. The summed E-state index contributed by atoms with van der Waals surface area (Å²) in [5.74, 6) is -1.90. The van der Waals surface area contributed by atoms with Crippen molar-refractivity contribution in [1.29, 1.82) is 5.26 Å². The average Bonchev–Trinajstić information content (AvgIpc) is 3.10. The molecule has 0 aliphatic carbocycles. The number of hydrogen-bond acceptors (Lipinski definition) is 7. The normalized spacial score (nSPS) is 12.4. The molecule has 0 bridgehead atoms. The van der Waals surface area contributed by atoms with Gasteiger partial charge in [0, 0.05) is 25.6 Å². The molecule has 1 aromatic carbocycles. The molecule has 13 heteroatoms. The van der Waals surface area contributed by atoms with Crippen molar-refractivity contribution >= 4 is 21.5 Å². The number of nitrogens with zero attached hydrogens (tertiary/aromatic N) is 6. The Morgan fingerprint density at radius 3 is 2.67 bits per heavy atom. The van der Waals surface area contributed by atoms with Gasteiger partial charge in [0.1, 0.15) is 0 Å². The van der Waals surface area contributed by atoms with Crippen molar-refractivity contribution < 1.29 is 21.6 Å². The molecule has 9 nitrogen and oxygen atoms in total. The Bertz CT molecular complexity index is 1260. The van der Waals surface area contributed by atoms with E-state index >= 15 is 0 Å². The van der Waals surface area contributed by atoms with Gasteiger partial charge in [-0.05, 0) is 24.6 Å². The third-order valence-corrected chi connectivity index (χ3v) is 6.23. The van der Waals surface area contributed by atoms with Crippen LogP contribution in [-0.2, 0) is 16.2 Å². The molecule has 0 radical (unpaired) electrons. The van der Waals surface area contributed by atoms with Crippen LogP contribution in [0.25, 0.3) is 16.9 Å². The van der Waals surface area contributed by atoms with Crippen LogP contribution < -0.4 is 5.73 Å². The summed E-state index contributed by atoms with van der Waals surface area (Å²) in [5, 5.41) is 12.2. The van der Waals surface area contributed by atoms with E-state index in [0.717, 1.165) is 8.82 Å². The van der Waals surface area contributed by atoms with Crippen LogP contribution in [0.5, 0.6) is 0 Å². The molecule has 0 unspecified atom stereocenters. The fourth-order valence-corrected chi connectivity index (χ4v) is 3.95. The number of imidazole rings is 1. The van der Waals surface area contributed by atoms with E-state index in [1.165, 1.54) is 31.4 Å². The number of benzene rings is 1. The molecule has 0 saturated heterocycles. The van der Waals surface area contributed by atoms with Crippen LogP contribution in [-0.4, -0.2) is 45.9 Å². The summed E-state index contributed by atoms with van der Waals surface area (Å²) in [6.07, 6.45) is -3.57. The first-order valence-electron chi connectivity index (χ1n) is 8.49. The lowest BCUT2D eigenvalue weighted by Crippen LogP contribution is -2.27. The van der Waals surface area contributed by atoms with Crippen LogP contribution in [0.1, 0.15) is 17.8 Å². The largest absolute Gasteiger partial charge is 0.453 e. The van der Waals surface area contributed by atoms with Gasteiger partial charge in [-0.3, -0.25) is 0 Å². The van der Waals surface area contributed by atoms with Crippen molar-refractivity contribution in [2.75, 3.05) is 19.3 Å². The van der Waals surface area contributed by atoms with Gasteiger partial charge in [0.05, 0.1) is 22.9 Å². The van der Waals surface area contributed by atoms with Gasteiger partial charge in [0.15, 0.2) is 11.5 Å². The standard InChI is InChI=1S/C17H16F3N7O2S/c1-10-4-5-11(30(28,29)26(2)7-3-6-21)8-12(10)13-9-23-15-14(22)24-16(17(18,19)20)25-27(13)15/h4-5,8-9H,3,7H2,1-2H3,(H2,22,24,25). The molecule has 2 aromatic heterocycles. The predicted octanol–water partition coefficient (Wildman–Crippen LogP) is 2.23. The molecule has 158 valence electrons. The Kier molecular flexibility index (Phi) is 5.40. The number of sulfonamides is 1. The fourth-order valence-electron chi connectivity index (χ4n) is 2.75. The van der Waals surface area contributed by atoms with Gasteiger partial charge in [0.2, 0.25) is 10.0 Å². The molecular formula is C17H16F3N7O2S. The second kappa shape index (κ2) is 7.54. The Labute approximate surface area is 169 Å². The molecule has 0 aliphatic heterocycles. The monoisotopic (exact) mass is 439 g/mol. The maximum absolute atomic E-state index is 13.1. The van der Waals surface area contributed by atoms with Crippen LogP contribution in [0.3, 0.4) is 0 Å². The van der Waals surface area contributed by atoms with Crippen molar-refractivity contribution in [1.82, 2.24) is 23.9 Å². The van der Waals surface area contributed by atoms with E-state index in [9.17, 15) is 21.6 Å². The highest BCUT2D eigenvalue weighted by Gasteiger charge is 2.36. The maximum atomic E-state index is 13.1. The number of alkyl halides is 3. The van der Waals surface area contributed by atoms with Crippen molar-refractivity contribution in [3.8, 4) is 17.3 Å². The topological polar surface area (TPSA) is 130 Å². The van der Waals surface area contributed by atoms with E-state index in [1.807, 2.05) is 6.07 Å². The molecule has 30 heavy (non-hydrogen) atoms. The van der Waals surface area contributed by atoms with E-state index < -0.39 is 27.8 Å². The van der Waals surface area contributed by atoms with Gasteiger partial charge in [-0.25, -0.2) is 22.9 Å². The second-order valence-corrected chi connectivity index (χ2v) is 8.45. The number of nitriles is 1. The lowest BCUT2D eigenvalue weighted by molar-refractivity contribution is -0.145. The predicted molar refractivity (Wildman–Crippen MR) is 100 cm³/mol. The number of aryl methyl sites for hydroxylation is 1. The van der Waals surface area contributed by atoms with E-state index in [1.54, 1.807) is 6.92 Å². The van der Waals surface area contributed by atoms with Crippen molar-refractivity contribution in [2.24, 2.45) is 0 Å². The SMILES string of the molecule is Cc1ccc(S(=O)(=O)N(C)CCC#N)cc1-c1cnc2c(N)nc(C(F)(F)F)nn12. The lowest BCUT2D eigenvalue weighted by atomic mass is 10.1. The number of halogens is 3. The Morgan fingerprint density at radius 2 is 2.03 bits per heavy atom. The smallest absolute Gasteiger partial charge is 0.380 e. The molecule has 0 fully saturated rings. The van der Waals surface area contributed by atoms with E-state index in [2.05, 4.69) is 15.1 Å². The number of rotatable bonds is 5. The molecule has 0 amide bonds. The van der Waals surface area contributed by atoms with E-state index in [-0.39, 0.29) is 29.2 Å². The van der Waals surface area contributed by atoms with Crippen molar-refractivity contribution in [2.45, 2.75) is 24.4 Å². The molecule has 0 spiro atoms. The van der Waals surface area contributed by atoms with Crippen LogP contribution in [0, 0.1) is 18.3 Å². The highest BCUT2D eigenvalue weighted by molar-refractivity contribution is 7.89. The number of fused-ring (bicyclic) bond motifs is 1. The van der Waals surface area contributed by atoms with Crippen molar-refractivity contribution in [3.63, 3.8) is 0 Å². The maximum Gasteiger partial charge on any atom is 0.453 e. The number of hydrogen-bond donors (Lipinski definition) is 1. The Balaban J connectivity index is 2.18. The number of nitrogen functional groups attached to an aromatic ring is 1. The lowest BCUT2D eigenvalue weighted by Gasteiger charge is -2.17. The third-order valence-electron chi connectivity index (χ3n) is 4.37. The summed E-state index contributed by atoms with van der Waals surface area (Å²) in [5.41, 5.74) is 6.54. The first-order chi connectivity index (χ1) is 14.0. The zero-order valence-corrected chi connectivity index (χ0v) is 16.7. The quantitative estimate of drug-likeness (QED) is 0.645. The summed E-state index contributed by atoms with van der Waals surface area (Å²) in [7, 11) is -2.58. The van der Waals surface area contributed by atoms with Gasteiger partial charge < -0.3 is 5.73 Å². The summed E-state index contributed by atoms with van der Waals surface area (Å²) in [4.78, 5) is 7.13. The summed E-state index contributed by atoms with van der Waals surface area (Å²) >= 11 is 0. The van der Waals surface area contributed by atoms with Gasteiger partial charge >= 0.3 is 6.18 Å². The van der Waals surface area contributed by atoms with Crippen LogP contribution in [0.15, 0.2) is 29.3 Å². The highest BCUT2D eigenvalue weighted by atomic mass is 32.2. The molecular weight excluding hydrogens is 423 g/mol. The van der Waals surface area contributed by atoms with Crippen LogP contribution in [0.4, 0.5) is 19.0 Å². The first-order valence-corrected chi connectivity index (χ1v) is 9.93. The fraction of sp³-hybridized carbons (Fsp3) is 0.294. The molecule has 0 atom stereocenters. The number of anilines is 1. The molecule has 3 rings (SSSR count). The highest BCUT2D eigenvalue weighted by Crippen LogP contribution is 2.31. The van der Waals surface area contributed by atoms with Gasteiger partial charge in [-0.2, -0.15) is 22.7 Å². The molecule has 2 heterocycles. The summed E-state index contributed by atoms with van der Waals surface area (Å²) in [6.45, 7) is 1.66. The molecule has 2 N–H and O–H groups in total. The molecule has 0 aliphatic rings. The zero-order chi connectivity index (χ0) is 22.3. The third kappa shape index (κ3) is 3.79. The molecule has 3 aromatic rings. The minimum absolute atomic E-state index is 0.00361. The van der Waals surface area contributed by atoms with Crippen molar-refractivity contribution in [3.05, 3.63) is 35.8 Å². The molecule has 0 saturated carbocycles.